The first-order chi connectivity index (χ1) is 15.9. The van der Waals surface area contributed by atoms with E-state index in [1.165, 1.54) is 7.11 Å². The molecule has 0 radical (unpaired) electrons. The van der Waals surface area contributed by atoms with Gasteiger partial charge in [0, 0.05) is 31.4 Å². The summed E-state index contributed by atoms with van der Waals surface area (Å²) in [4.78, 5) is 25.2. The van der Waals surface area contributed by atoms with Crippen molar-refractivity contribution in [2.45, 2.75) is 50.8 Å². The molecule has 0 saturated carbocycles. The molecule has 1 aromatic carbocycles. The van der Waals surface area contributed by atoms with Crippen LogP contribution in [-0.2, 0) is 25.5 Å². The molecule has 33 heavy (non-hydrogen) atoms. The quantitative estimate of drug-likeness (QED) is 0.140. The first-order valence-electron chi connectivity index (χ1n) is 11.5. The summed E-state index contributed by atoms with van der Waals surface area (Å²) in [5, 5.41) is 6.19. The molecule has 7 nitrogen and oxygen atoms in total. The molecule has 0 spiro atoms. The van der Waals surface area contributed by atoms with Crippen molar-refractivity contribution in [3.05, 3.63) is 35.9 Å². The molecule has 0 aliphatic rings. The fourth-order valence-electron chi connectivity index (χ4n) is 3.20. The Kier molecular flexibility index (Phi) is 16.3. The monoisotopic (exact) mass is 499 g/mol. The van der Waals surface area contributed by atoms with Crippen LogP contribution in [0.3, 0.4) is 0 Å². The van der Waals surface area contributed by atoms with E-state index >= 15 is 0 Å². The fourth-order valence-corrected chi connectivity index (χ4v) is 3.80. The van der Waals surface area contributed by atoms with Crippen molar-refractivity contribution in [3.8, 4) is 0 Å². The van der Waals surface area contributed by atoms with E-state index < -0.39 is 18.1 Å². The Morgan fingerprint density at radius 3 is 2.55 bits per heavy atom. The number of thioether (sulfide) groups is 1. The van der Waals surface area contributed by atoms with Crippen LogP contribution in [0.2, 0.25) is 0 Å². The van der Waals surface area contributed by atoms with Crippen LogP contribution < -0.4 is 16.4 Å². The molecule has 0 aliphatic heterocycles. The van der Waals surface area contributed by atoms with Gasteiger partial charge in [-0.15, -0.1) is 0 Å². The molecule has 1 aromatic rings. The average Bonchev–Trinajstić information content (AvgIpc) is 2.83. The van der Waals surface area contributed by atoms with Gasteiger partial charge in [0.15, 0.2) is 0 Å². The van der Waals surface area contributed by atoms with Crippen LogP contribution in [0.4, 0.5) is 0 Å². The van der Waals surface area contributed by atoms with Crippen molar-refractivity contribution in [2.75, 3.05) is 44.6 Å². The summed E-state index contributed by atoms with van der Waals surface area (Å²) in [5.41, 5.74) is 6.87. The third kappa shape index (κ3) is 13.3. The van der Waals surface area contributed by atoms with E-state index in [0.29, 0.717) is 31.1 Å². The maximum Gasteiger partial charge on any atom is 0.328 e. The Morgan fingerprint density at radius 1 is 1.18 bits per heavy atom. The van der Waals surface area contributed by atoms with Crippen molar-refractivity contribution in [3.63, 3.8) is 0 Å². The first kappa shape index (κ1) is 29.8. The third-order valence-corrected chi connectivity index (χ3v) is 6.47. The maximum atomic E-state index is 13.0. The number of carbonyl (C=O) groups excluding carboxylic acids is 2. The van der Waals surface area contributed by atoms with E-state index in [0.717, 1.165) is 37.2 Å². The van der Waals surface area contributed by atoms with Gasteiger partial charge in [0.1, 0.15) is 12.1 Å². The summed E-state index contributed by atoms with van der Waals surface area (Å²) < 4.78 is 10.9. The summed E-state index contributed by atoms with van der Waals surface area (Å²) >= 11 is 5.81. The summed E-state index contributed by atoms with van der Waals surface area (Å²) in [7, 11) is 1.33. The highest BCUT2D eigenvalue weighted by Gasteiger charge is 2.27. The number of thiol groups is 1. The maximum absolute atomic E-state index is 13.0. The molecule has 0 saturated heterocycles. The Balaban J connectivity index is 2.62. The highest BCUT2D eigenvalue weighted by Crippen LogP contribution is 2.12. The smallest absolute Gasteiger partial charge is 0.328 e. The van der Waals surface area contributed by atoms with Crippen molar-refractivity contribution >= 4 is 36.3 Å². The minimum absolute atomic E-state index is 0.0639. The van der Waals surface area contributed by atoms with Crippen LogP contribution in [-0.4, -0.2) is 74.6 Å². The fraction of sp³-hybridized carbons (Fsp3) is 0.667. The molecule has 188 valence electrons. The molecule has 4 N–H and O–H groups in total. The SMILES string of the molecule is COC(=O)[C@H](CCSC)NC(=O)C(Cc1ccccc1)OCC[C@@H](C)CCNCC(N)CS. The van der Waals surface area contributed by atoms with Gasteiger partial charge in [0.05, 0.1) is 7.11 Å². The zero-order chi connectivity index (χ0) is 24.5. The van der Waals surface area contributed by atoms with Gasteiger partial charge in [-0.05, 0) is 49.3 Å². The Hall–Kier alpha value is -1.26. The number of hydrogen-bond donors (Lipinski definition) is 4. The van der Waals surface area contributed by atoms with Gasteiger partial charge in [-0.3, -0.25) is 4.79 Å². The zero-order valence-corrected chi connectivity index (χ0v) is 21.8. The van der Waals surface area contributed by atoms with Gasteiger partial charge in [0.2, 0.25) is 5.91 Å². The summed E-state index contributed by atoms with van der Waals surface area (Å²) in [6, 6.07) is 9.15. The minimum atomic E-state index is -0.676. The van der Waals surface area contributed by atoms with Crippen LogP contribution in [0.25, 0.3) is 0 Å². The van der Waals surface area contributed by atoms with E-state index in [2.05, 4.69) is 30.2 Å². The van der Waals surface area contributed by atoms with E-state index in [9.17, 15) is 9.59 Å². The van der Waals surface area contributed by atoms with E-state index in [1.54, 1.807) is 11.8 Å². The van der Waals surface area contributed by atoms with Crippen molar-refractivity contribution in [1.82, 2.24) is 10.6 Å². The highest BCUT2D eigenvalue weighted by molar-refractivity contribution is 7.98. The van der Waals surface area contributed by atoms with Crippen LogP contribution in [0, 0.1) is 5.92 Å². The van der Waals surface area contributed by atoms with Crippen molar-refractivity contribution < 1.29 is 19.1 Å². The number of nitrogens with one attached hydrogen (secondary N) is 2. The normalized spacial score (nSPS) is 14.8. The molecule has 0 bridgehead atoms. The topological polar surface area (TPSA) is 103 Å². The molecule has 9 heteroatoms. The molecule has 0 aromatic heterocycles. The number of carbonyl (C=O) groups is 2. The molecule has 4 atom stereocenters. The molecule has 0 aliphatic carbocycles. The number of ether oxygens (including phenoxy) is 2. The molecule has 2 unspecified atom stereocenters. The summed E-state index contributed by atoms with van der Waals surface area (Å²) in [6.07, 6.45) is 4.08. The Morgan fingerprint density at radius 2 is 1.91 bits per heavy atom. The predicted octanol–water partition coefficient (Wildman–Crippen LogP) is 2.29. The lowest BCUT2D eigenvalue weighted by Gasteiger charge is -2.22. The second kappa shape index (κ2) is 18.1. The molecule has 0 fully saturated rings. The Labute approximate surface area is 208 Å². The highest BCUT2D eigenvalue weighted by atomic mass is 32.2. The number of rotatable bonds is 18. The number of esters is 1. The predicted molar refractivity (Wildman–Crippen MR) is 140 cm³/mol. The minimum Gasteiger partial charge on any atom is -0.467 e. The van der Waals surface area contributed by atoms with Crippen LogP contribution in [0.15, 0.2) is 30.3 Å². The van der Waals surface area contributed by atoms with Crippen LogP contribution in [0.1, 0.15) is 31.7 Å². The number of methoxy groups -OCH3 is 1. The molecule has 0 heterocycles. The summed E-state index contributed by atoms with van der Waals surface area (Å²) in [5.74, 6) is 1.12. The van der Waals surface area contributed by atoms with Gasteiger partial charge in [-0.1, -0.05) is 37.3 Å². The lowest BCUT2D eigenvalue weighted by Crippen LogP contribution is -2.47. The molecule has 1 rings (SSSR count). The number of hydrogen-bond acceptors (Lipinski definition) is 8. The second-order valence-corrected chi connectivity index (χ2v) is 9.60. The number of amides is 1. The number of nitrogens with two attached hydrogens (primary N) is 1. The molecule has 1 amide bonds. The van der Waals surface area contributed by atoms with Gasteiger partial charge in [0.25, 0.3) is 0 Å². The lowest BCUT2D eigenvalue weighted by atomic mass is 10.0. The summed E-state index contributed by atoms with van der Waals surface area (Å²) in [6.45, 7) is 4.28. The van der Waals surface area contributed by atoms with Crippen molar-refractivity contribution in [2.24, 2.45) is 11.7 Å². The zero-order valence-electron chi connectivity index (χ0n) is 20.1. The molecular formula is C24H41N3O4S2. The van der Waals surface area contributed by atoms with Gasteiger partial charge >= 0.3 is 5.97 Å². The van der Waals surface area contributed by atoms with Gasteiger partial charge < -0.3 is 25.8 Å². The number of benzene rings is 1. The Bertz CT molecular complexity index is 666. The lowest BCUT2D eigenvalue weighted by molar-refractivity contribution is -0.147. The van der Waals surface area contributed by atoms with Crippen LogP contribution in [0.5, 0.6) is 0 Å². The third-order valence-electron chi connectivity index (χ3n) is 5.35. The largest absolute Gasteiger partial charge is 0.467 e. The second-order valence-electron chi connectivity index (χ2n) is 8.24. The van der Waals surface area contributed by atoms with E-state index in [-0.39, 0.29) is 11.9 Å². The average molecular weight is 500 g/mol. The van der Waals surface area contributed by atoms with Gasteiger partial charge in [-0.2, -0.15) is 24.4 Å². The molecular weight excluding hydrogens is 458 g/mol. The van der Waals surface area contributed by atoms with E-state index in [4.69, 9.17) is 15.2 Å². The van der Waals surface area contributed by atoms with Crippen LogP contribution >= 0.6 is 24.4 Å². The van der Waals surface area contributed by atoms with Gasteiger partial charge in [-0.25, -0.2) is 4.79 Å². The van der Waals surface area contributed by atoms with E-state index in [1.807, 2.05) is 36.6 Å². The standard InChI is InChI=1S/C24H41N3O4S2/c1-18(9-12-26-16-20(25)17-32)10-13-31-22(15-19-7-5-4-6-8-19)23(28)27-21(11-14-33-3)24(29)30-2/h4-8,18,20-22,26,32H,9-17,25H2,1-3H3,(H,27,28)/t18-,20?,21-,22?/m0/s1. The first-order valence-corrected chi connectivity index (χ1v) is 13.5. The van der Waals surface area contributed by atoms with Crippen molar-refractivity contribution in [1.29, 1.82) is 0 Å².